The van der Waals surface area contributed by atoms with Crippen molar-refractivity contribution in [2.24, 2.45) is 5.90 Å². The van der Waals surface area contributed by atoms with E-state index in [2.05, 4.69) is 54.8 Å². The molecule has 0 spiro atoms. The van der Waals surface area contributed by atoms with Crippen LogP contribution in [0.3, 0.4) is 0 Å². The standard InChI is InChI=1S/C27H38N8O6S2.3CO.Re/c28-40-41-43-22-9-7-21(8-10-22)32-27(42)31-11-5-3-1-2-4-6-14-33(17-23-29-12-15-34(23)19-25(36)37)18-24-30-13-16-35(24)20-26(38)39;3*1-2;/h7-10,12-13,15-16H,1-6,11,14,17-20,28H2,(H,36,37)(H,38,39)(H2,31,32,42);;;;. The maximum Gasteiger partial charge on any atom is 0 e. The van der Waals surface area contributed by atoms with Crippen molar-refractivity contribution in [3.63, 3.8) is 0 Å². The molecule has 6 N–H and O–H groups in total. The van der Waals surface area contributed by atoms with Crippen LogP contribution in [0.1, 0.15) is 50.2 Å². The number of nitrogens with two attached hydrogens (primary N) is 1. The number of nitrogens with one attached hydrogen (secondary N) is 2. The summed E-state index contributed by atoms with van der Waals surface area (Å²) in [4.78, 5) is 38.2. The molecule has 2 heterocycles. The van der Waals surface area contributed by atoms with Gasteiger partial charge in [-0.25, -0.2) is 9.97 Å². The number of carboxylic acid groups (broad SMARTS) is 2. The number of carbonyl (C=O) groups is 2. The SMILES string of the molecule is NOOSc1ccc(NC(=S)NCCCCCCCCN(Cc2nccn2CC(=O)O)Cc2nccn2CC(=O)O)cc1.[C-]#[O+].[C-]#[O+].[C-]#[O+].[Re]. The van der Waals surface area contributed by atoms with E-state index in [1.165, 1.54) is 0 Å². The zero-order chi connectivity index (χ0) is 36.9. The summed E-state index contributed by atoms with van der Waals surface area (Å²) in [6.45, 7) is 15.6. The average molecular weight is 905 g/mol. The van der Waals surface area contributed by atoms with E-state index < -0.39 is 11.9 Å². The smallest absolute Gasteiger partial charge is 0 e. The second-order valence-corrected chi connectivity index (χ2v) is 10.9. The van der Waals surface area contributed by atoms with E-state index in [0.29, 0.717) is 29.9 Å². The van der Waals surface area contributed by atoms with Gasteiger partial charge in [-0.2, -0.15) is 5.90 Å². The molecule has 0 atom stereocenters. The first-order valence-electron chi connectivity index (χ1n) is 14.5. The van der Waals surface area contributed by atoms with Crippen LogP contribution in [0.15, 0.2) is 53.9 Å². The van der Waals surface area contributed by atoms with E-state index in [1.807, 2.05) is 24.3 Å². The van der Waals surface area contributed by atoms with Gasteiger partial charge < -0.3 is 30.0 Å². The Morgan fingerprint density at radius 2 is 1.34 bits per heavy atom. The summed E-state index contributed by atoms with van der Waals surface area (Å²) in [5.41, 5.74) is 0.862. The molecule has 0 bridgehead atoms. The van der Waals surface area contributed by atoms with Crippen LogP contribution in [0.25, 0.3) is 0 Å². The van der Waals surface area contributed by atoms with Crippen LogP contribution >= 0.6 is 24.3 Å². The predicted molar refractivity (Wildman–Crippen MR) is 176 cm³/mol. The number of aromatic nitrogens is 4. The number of benzene rings is 1. The number of carboxylic acids is 2. The van der Waals surface area contributed by atoms with Gasteiger partial charge in [0.15, 0.2) is 5.11 Å². The zero-order valence-electron chi connectivity index (χ0n) is 26.9. The van der Waals surface area contributed by atoms with Crippen LogP contribution < -0.4 is 16.5 Å². The van der Waals surface area contributed by atoms with Crippen LogP contribution in [-0.4, -0.2) is 64.4 Å². The number of nitrogens with zero attached hydrogens (tertiary/aromatic N) is 5. The monoisotopic (exact) mass is 905 g/mol. The molecule has 20 heteroatoms. The number of hydrogen-bond donors (Lipinski definition) is 5. The predicted octanol–water partition coefficient (Wildman–Crippen LogP) is 3.29. The number of thiocarbonyl (C=S) groups is 1. The number of rotatable bonds is 21. The van der Waals surface area contributed by atoms with Crippen LogP contribution in [-0.2, 0) is 79.5 Å². The number of imidazole rings is 2. The number of unbranched alkanes of at least 4 members (excludes halogenated alkanes) is 5. The van der Waals surface area contributed by atoms with Crippen molar-refractivity contribution < 1.29 is 63.5 Å². The Labute approximate surface area is 313 Å². The van der Waals surface area contributed by atoms with Gasteiger partial charge in [0.1, 0.15) is 24.7 Å². The molecule has 0 aliphatic rings. The number of hydrogen-bond acceptors (Lipinski definition) is 10. The van der Waals surface area contributed by atoms with E-state index in [1.54, 1.807) is 33.9 Å². The van der Waals surface area contributed by atoms with Crippen LogP contribution in [0, 0.1) is 20.0 Å². The molecular formula is C30H38N8O9ReS2. The van der Waals surface area contributed by atoms with Crippen molar-refractivity contribution in [1.29, 1.82) is 0 Å². The molecule has 1 aromatic carbocycles. The molecule has 271 valence electrons. The molecule has 3 rings (SSSR count). The molecule has 50 heavy (non-hydrogen) atoms. The van der Waals surface area contributed by atoms with Crippen molar-refractivity contribution in [2.45, 2.75) is 69.6 Å². The van der Waals surface area contributed by atoms with Gasteiger partial charge in [0.2, 0.25) is 0 Å². The first kappa shape index (κ1) is 48.5. The molecule has 0 saturated carbocycles. The van der Waals surface area contributed by atoms with Gasteiger partial charge in [-0.05, 0) is 55.9 Å². The Balaban J connectivity index is 0. The first-order valence-corrected chi connectivity index (χ1v) is 15.6. The molecule has 17 nitrogen and oxygen atoms in total. The minimum Gasteiger partial charge on any atom is 0 e. The molecule has 3 aromatic rings. The summed E-state index contributed by atoms with van der Waals surface area (Å²) in [5.74, 6) is 4.24. The van der Waals surface area contributed by atoms with Crippen molar-refractivity contribution in [3.8, 4) is 0 Å². The normalized spacial score (nSPS) is 9.68. The van der Waals surface area contributed by atoms with Gasteiger partial charge in [0.25, 0.3) is 0 Å². The second kappa shape index (κ2) is 31.3. The molecule has 0 aliphatic heterocycles. The van der Waals surface area contributed by atoms with E-state index in [4.69, 9.17) is 32.1 Å². The Morgan fingerprint density at radius 3 is 1.82 bits per heavy atom. The third-order valence-electron chi connectivity index (χ3n) is 6.41. The summed E-state index contributed by atoms with van der Waals surface area (Å²) >= 11 is 6.39. The topological polar surface area (TPSA) is 242 Å². The van der Waals surface area contributed by atoms with Gasteiger partial charge >= 0.3 is 45.8 Å². The fourth-order valence-corrected chi connectivity index (χ4v) is 4.96. The van der Waals surface area contributed by atoms with Gasteiger partial charge in [0, 0.05) is 62.3 Å². The maximum absolute atomic E-state index is 11.2. The summed E-state index contributed by atoms with van der Waals surface area (Å²) < 4.78 is 30.3. The van der Waals surface area contributed by atoms with Gasteiger partial charge in [-0.3, -0.25) is 14.5 Å². The van der Waals surface area contributed by atoms with Crippen LogP contribution in [0.5, 0.6) is 0 Å². The van der Waals surface area contributed by atoms with Crippen molar-refractivity contribution in [1.82, 2.24) is 29.3 Å². The van der Waals surface area contributed by atoms with Crippen molar-refractivity contribution in [2.75, 3.05) is 18.4 Å². The first-order chi connectivity index (χ1) is 23.8. The summed E-state index contributed by atoms with van der Waals surface area (Å²) in [6, 6.07) is 7.48. The Hall–Kier alpha value is -3.66. The third kappa shape index (κ3) is 21.4. The van der Waals surface area contributed by atoms with Gasteiger partial charge in [-0.1, -0.05) is 25.7 Å². The minimum atomic E-state index is -0.938. The van der Waals surface area contributed by atoms with Crippen molar-refractivity contribution in [3.05, 3.63) is 80.7 Å². The Morgan fingerprint density at radius 1 is 0.860 bits per heavy atom. The third-order valence-corrected chi connectivity index (χ3v) is 7.27. The van der Waals surface area contributed by atoms with Gasteiger partial charge in [-0.15, -0.1) is 9.32 Å². The number of aliphatic carboxylic acids is 2. The van der Waals surface area contributed by atoms with Crippen LogP contribution in [0.2, 0.25) is 0 Å². The molecule has 0 fully saturated rings. The zero-order valence-corrected chi connectivity index (χ0v) is 31.2. The fraction of sp³-hybridized carbons (Fsp3) is 0.400. The summed E-state index contributed by atoms with van der Waals surface area (Å²) in [6.07, 6.45) is 12.7. The van der Waals surface area contributed by atoms with E-state index >= 15 is 0 Å². The molecule has 2 aromatic heterocycles. The fourth-order valence-electron chi connectivity index (χ4n) is 4.37. The van der Waals surface area contributed by atoms with E-state index in [-0.39, 0.29) is 33.5 Å². The summed E-state index contributed by atoms with van der Waals surface area (Å²) in [7, 11) is 0. The largest absolute Gasteiger partial charge is 0 e. The van der Waals surface area contributed by atoms with Gasteiger partial charge in [0.05, 0.1) is 25.1 Å². The summed E-state index contributed by atoms with van der Waals surface area (Å²) in [5, 5.41) is 25.4. The molecule has 0 amide bonds. The minimum absolute atomic E-state index is 0. The molecular weight excluding hydrogens is 867 g/mol. The Bertz CT molecular complexity index is 1360. The molecule has 0 saturated heterocycles. The molecule has 1 radical (unpaired) electrons. The number of anilines is 1. The van der Waals surface area contributed by atoms with Crippen molar-refractivity contribution >= 4 is 47.0 Å². The van der Waals surface area contributed by atoms with E-state index in [0.717, 1.165) is 74.2 Å². The Kier molecular flexibility index (Phi) is 30.4. The quantitative estimate of drug-likeness (QED) is 0.0196. The van der Waals surface area contributed by atoms with Crippen LogP contribution in [0.4, 0.5) is 5.69 Å². The molecule has 0 unspecified atom stereocenters. The average Bonchev–Trinajstić information content (AvgIpc) is 3.73. The second-order valence-electron chi connectivity index (χ2n) is 9.72. The molecule has 0 aliphatic carbocycles. The maximum atomic E-state index is 11.2. The van der Waals surface area contributed by atoms with E-state index in [9.17, 15) is 19.8 Å².